The van der Waals surface area contributed by atoms with Gasteiger partial charge in [0.2, 0.25) is 5.91 Å². The molecule has 2 amide bonds. The average molecular weight is 367 g/mol. The molecule has 0 unspecified atom stereocenters. The molecule has 0 saturated carbocycles. The molecule has 0 atom stereocenters. The maximum absolute atomic E-state index is 13.1. The Morgan fingerprint density at radius 3 is 2.60 bits per heavy atom. The average Bonchev–Trinajstić information content (AvgIpc) is 2.89. The van der Waals surface area contributed by atoms with Crippen LogP contribution in [0.4, 0.5) is 14.5 Å². The van der Waals surface area contributed by atoms with E-state index in [1.165, 1.54) is 6.07 Å². The number of aromatic nitrogens is 1. The highest BCUT2D eigenvalue weighted by molar-refractivity contribution is 7.13. The Hall–Kier alpha value is -2.35. The van der Waals surface area contributed by atoms with Gasteiger partial charge in [-0.1, -0.05) is 13.8 Å². The minimum Gasteiger partial charge on any atom is -0.351 e. The van der Waals surface area contributed by atoms with Gasteiger partial charge < -0.3 is 10.6 Å². The minimum atomic E-state index is -1.04. The standard InChI is InChI=1S/C17H19F2N3O2S/c1-9(2)8-20-17(24)16-10(3)21-15(25-16)7-14(23)22-11-4-5-12(18)13(19)6-11/h4-6,9H,7-8H2,1-3H3,(H,20,24)(H,22,23). The van der Waals surface area contributed by atoms with E-state index < -0.39 is 17.5 Å². The molecule has 0 aliphatic rings. The van der Waals surface area contributed by atoms with Crippen molar-refractivity contribution in [3.8, 4) is 0 Å². The quantitative estimate of drug-likeness (QED) is 0.823. The number of benzene rings is 1. The summed E-state index contributed by atoms with van der Waals surface area (Å²) >= 11 is 1.15. The van der Waals surface area contributed by atoms with Gasteiger partial charge in [-0.25, -0.2) is 13.8 Å². The first-order valence-corrected chi connectivity index (χ1v) is 8.57. The molecule has 2 N–H and O–H groups in total. The molecule has 2 aromatic rings. The molecule has 0 aliphatic carbocycles. The van der Waals surface area contributed by atoms with Crippen LogP contribution in [0.3, 0.4) is 0 Å². The second-order valence-electron chi connectivity index (χ2n) is 5.98. The molecule has 5 nitrogen and oxygen atoms in total. The Morgan fingerprint density at radius 2 is 1.96 bits per heavy atom. The molecule has 2 rings (SSSR count). The lowest BCUT2D eigenvalue weighted by Gasteiger charge is -2.06. The SMILES string of the molecule is Cc1nc(CC(=O)Nc2ccc(F)c(F)c2)sc1C(=O)NCC(C)C. The fourth-order valence-electron chi connectivity index (χ4n) is 2.03. The number of nitrogens with zero attached hydrogens (tertiary/aromatic N) is 1. The topological polar surface area (TPSA) is 71.1 Å². The number of nitrogens with one attached hydrogen (secondary N) is 2. The number of amides is 2. The first kappa shape index (κ1) is 19.0. The third kappa shape index (κ3) is 5.32. The number of carbonyl (C=O) groups excluding carboxylic acids is 2. The molecule has 0 bridgehead atoms. The lowest BCUT2D eigenvalue weighted by atomic mass is 10.2. The zero-order chi connectivity index (χ0) is 18.6. The maximum Gasteiger partial charge on any atom is 0.263 e. The van der Waals surface area contributed by atoms with Crippen molar-refractivity contribution in [1.82, 2.24) is 10.3 Å². The van der Waals surface area contributed by atoms with Gasteiger partial charge in [0, 0.05) is 18.3 Å². The van der Waals surface area contributed by atoms with Crippen molar-refractivity contribution < 1.29 is 18.4 Å². The highest BCUT2D eigenvalue weighted by Gasteiger charge is 2.17. The Morgan fingerprint density at radius 1 is 1.24 bits per heavy atom. The molecule has 1 aromatic heterocycles. The van der Waals surface area contributed by atoms with E-state index in [9.17, 15) is 18.4 Å². The number of hydrogen-bond acceptors (Lipinski definition) is 4. The number of anilines is 1. The number of thiazole rings is 1. The molecule has 25 heavy (non-hydrogen) atoms. The Kier molecular flexibility index (Phi) is 6.19. The van der Waals surface area contributed by atoms with Crippen LogP contribution in [0.15, 0.2) is 18.2 Å². The fourth-order valence-corrected chi connectivity index (χ4v) is 3.01. The summed E-state index contributed by atoms with van der Waals surface area (Å²) in [7, 11) is 0. The van der Waals surface area contributed by atoms with Crippen LogP contribution >= 0.6 is 11.3 Å². The monoisotopic (exact) mass is 367 g/mol. The van der Waals surface area contributed by atoms with Gasteiger partial charge in [0.1, 0.15) is 9.88 Å². The van der Waals surface area contributed by atoms with Gasteiger partial charge in [0.05, 0.1) is 12.1 Å². The number of aryl methyl sites for hydroxylation is 1. The number of rotatable bonds is 6. The highest BCUT2D eigenvalue weighted by Crippen LogP contribution is 2.19. The summed E-state index contributed by atoms with van der Waals surface area (Å²) in [4.78, 5) is 28.8. The van der Waals surface area contributed by atoms with Crippen molar-refractivity contribution in [3.05, 3.63) is 45.4 Å². The molecule has 8 heteroatoms. The predicted octanol–water partition coefficient (Wildman–Crippen LogP) is 3.30. The van der Waals surface area contributed by atoms with Gasteiger partial charge in [-0.2, -0.15) is 0 Å². The van der Waals surface area contributed by atoms with Crippen molar-refractivity contribution in [2.24, 2.45) is 5.92 Å². The second kappa shape index (κ2) is 8.15. The number of halogens is 2. The number of carbonyl (C=O) groups is 2. The van der Waals surface area contributed by atoms with Gasteiger partial charge in [-0.15, -0.1) is 11.3 Å². The fraction of sp³-hybridized carbons (Fsp3) is 0.353. The maximum atomic E-state index is 13.1. The molecule has 1 heterocycles. The van der Waals surface area contributed by atoms with Crippen molar-refractivity contribution in [1.29, 1.82) is 0 Å². The van der Waals surface area contributed by atoms with E-state index in [0.29, 0.717) is 28.0 Å². The van der Waals surface area contributed by atoms with Crippen LogP contribution in [-0.2, 0) is 11.2 Å². The molecule has 1 aromatic carbocycles. The van der Waals surface area contributed by atoms with Gasteiger partial charge in [-0.05, 0) is 25.0 Å². The van der Waals surface area contributed by atoms with Crippen LogP contribution in [0, 0.1) is 24.5 Å². The van der Waals surface area contributed by atoms with Crippen LogP contribution in [0.2, 0.25) is 0 Å². The largest absolute Gasteiger partial charge is 0.351 e. The van der Waals surface area contributed by atoms with Crippen molar-refractivity contribution in [3.63, 3.8) is 0 Å². The summed E-state index contributed by atoms with van der Waals surface area (Å²) in [6, 6.07) is 3.12. The first-order valence-electron chi connectivity index (χ1n) is 7.75. The van der Waals surface area contributed by atoms with Crippen LogP contribution in [0.1, 0.15) is 34.2 Å². The van der Waals surface area contributed by atoms with Crippen LogP contribution < -0.4 is 10.6 Å². The van der Waals surface area contributed by atoms with Gasteiger partial charge in [-0.3, -0.25) is 9.59 Å². The molecule has 0 radical (unpaired) electrons. The summed E-state index contributed by atoms with van der Waals surface area (Å²) in [5.41, 5.74) is 0.717. The van der Waals surface area contributed by atoms with Gasteiger partial charge in [0.15, 0.2) is 11.6 Å². The van der Waals surface area contributed by atoms with Crippen LogP contribution in [0.5, 0.6) is 0 Å². The third-order valence-electron chi connectivity index (χ3n) is 3.23. The van der Waals surface area contributed by atoms with E-state index in [1.807, 2.05) is 13.8 Å². The van der Waals surface area contributed by atoms with E-state index >= 15 is 0 Å². The summed E-state index contributed by atoms with van der Waals surface area (Å²) in [6.45, 7) is 6.25. The minimum absolute atomic E-state index is 0.0536. The summed E-state index contributed by atoms with van der Waals surface area (Å²) < 4.78 is 26.0. The van der Waals surface area contributed by atoms with Gasteiger partial charge in [0.25, 0.3) is 5.91 Å². The zero-order valence-corrected chi connectivity index (χ0v) is 15.0. The normalized spacial score (nSPS) is 10.8. The van der Waals surface area contributed by atoms with Gasteiger partial charge >= 0.3 is 0 Å². The van der Waals surface area contributed by atoms with E-state index in [4.69, 9.17) is 0 Å². The molecule has 0 fully saturated rings. The zero-order valence-electron chi connectivity index (χ0n) is 14.2. The first-order chi connectivity index (χ1) is 11.8. The molecule has 0 aliphatic heterocycles. The highest BCUT2D eigenvalue weighted by atomic mass is 32.1. The Labute approximate surface area is 148 Å². The van der Waals surface area contributed by atoms with E-state index in [-0.39, 0.29) is 18.0 Å². The summed E-state index contributed by atoms with van der Waals surface area (Å²) in [5, 5.41) is 5.77. The lowest BCUT2D eigenvalue weighted by Crippen LogP contribution is -2.27. The van der Waals surface area contributed by atoms with Crippen molar-refractivity contribution in [2.45, 2.75) is 27.2 Å². The predicted molar refractivity (Wildman–Crippen MR) is 92.7 cm³/mol. The summed E-state index contributed by atoms with van der Waals surface area (Å²) in [6.07, 6.45) is -0.0536. The molecule has 0 saturated heterocycles. The molecule has 0 spiro atoms. The molecular formula is C17H19F2N3O2S. The van der Waals surface area contributed by atoms with E-state index in [2.05, 4.69) is 15.6 Å². The molecule has 134 valence electrons. The van der Waals surface area contributed by atoms with Crippen molar-refractivity contribution >= 4 is 28.8 Å². The van der Waals surface area contributed by atoms with Crippen LogP contribution in [-0.4, -0.2) is 23.3 Å². The molecular weight excluding hydrogens is 348 g/mol. The number of hydrogen-bond donors (Lipinski definition) is 2. The third-order valence-corrected chi connectivity index (χ3v) is 4.39. The van der Waals surface area contributed by atoms with Crippen LogP contribution in [0.25, 0.3) is 0 Å². The van der Waals surface area contributed by atoms with E-state index in [0.717, 1.165) is 23.5 Å². The Balaban J connectivity index is 2.00. The smallest absolute Gasteiger partial charge is 0.263 e. The van der Waals surface area contributed by atoms with Crippen molar-refractivity contribution in [2.75, 3.05) is 11.9 Å². The second-order valence-corrected chi connectivity index (χ2v) is 7.06. The summed E-state index contributed by atoms with van der Waals surface area (Å²) in [5.74, 6) is -2.32. The lowest BCUT2D eigenvalue weighted by molar-refractivity contribution is -0.115. The van der Waals surface area contributed by atoms with E-state index in [1.54, 1.807) is 6.92 Å². The Bertz CT molecular complexity index is 790.